The van der Waals surface area contributed by atoms with Gasteiger partial charge in [0.05, 0.1) is 0 Å². The predicted octanol–water partition coefficient (Wildman–Crippen LogP) is 4.99. The Bertz CT molecular complexity index is 383. The van der Waals surface area contributed by atoms with Gasteiger partial charge in [-0.3, -0.25) is 0 Å². The molecule has 0 amide bonds. The van der Waals surface area contributed by atoms with Crippen molar-refractivity contribution >= 4 is 15.9 Å². The van der Waals surface area contributed by atoms with Crippen molar-refractivity contribution in [3.05, 3.63) is 33.8 Å². The van der Waals surface area contributed by atoms with Crippen molar-refractivity contribution < 1.29 is 0 Å². The van der Waals surface area contributed by atoms with E-state index in [0.717, 1.165) is 5.92 Å². The second-order valence-corrected chi connectivity index (χ2v) is 6.44. The third-order valence-electron chi connectivity index (χ3n) is 4.24. The van der Waals surface area contributed by atoms with Gasteiger partial charge in [0.15, 0.2) is 0 Å². The van der Waals surface area contributed by atoms with Gasteiger partial charge < -0.3 is 5.32 Å². The van der Waals surface area contributed by atoms with Crippen LogP contribution in [0, 0.1) is 12.8 Å². The molecule has 1 aliphatic carbocycles. The lowest BCUT2D eigenvalue weighted by Gasteiger charge is -2.27. The molecule has 1 N–H and O–H groups in total. The molecule has 1 atom stereocenters. The first-order valence-corrected chi connectivity index (χ1v) is 7.93. The molecule has 18 heavy (non-hydrogen) atoms. The van der Waals surface area contributed by atoms with Crippen molar-refractivity contribution in [2.24, 2.45) is 5.92 Å². The lowest BCUT2D eigenvalue weighted by Crippen LogP contribution is -2.21. The maximum Gasteiger partial charge on any atom is 0.0320 e. The van der Waals surface area contributed by atoms with Crippen LogP contribution in [0.5, 0.6) is 0 Å². The summed E-state index contributed by atoms with van der Waals surface area (Å²) in [6, 6.07) is 7.26. The number of hydrogen-bond acceptors (Lipinski definition) is 1. The van der Waals surface area contributed by atoms with Gasteiger partial charge in [0.2, 0.25) is 0 Å². The highest BCUT2D eigenvalue weighted by atomic mass is 79.9. The smallest absolute Gasteiger partial charge is 0.0320 e. The summed E-state index contributed by atoms with van der Waals surface area (Å²) >= 11 is 3.64. The second-order valence-electron chi connectivity index (χ2n) is 5.59. The van der Waals surface area contributed by atoms with Crippen molar-refractivity contribution in [2.45, 2.75) is 51.5 Å². The lowest BCUT2D eigenvalue weighted by atomic mass is 9.83. The Labute approximate surface area is 119 Å². The minimum atomic E-state index is 0.505. The van der Waals surface area contributed by atoms with Gasteiger partial charge in [0.25, 0.3) is 0 Å². The van der Waals surface area contributed by atoms with E-state index in [-0.39, 0.29) is 0 Å². The van der Waals surface area contributed by atoms with Gasteiger partial charge in [-0.15, -0.1) is 0 Å². The van der Waals surface area contributed by atoms with E-state index in [0.29, 0.717) is 6.04 Å². The van der Waals surface area contributed by atoms with Crippen molar-refractivity contribution in [1.29, 1.82) is 0 Å². The fourth-order valence-corrected chi connectivity index (χ4v) is 3.40. The minimum Gasteiger partial charge on any atom is -0.313 e. The fraction of sp³-hybridized carbons (Fsp3) is 0.625. The van der Waals surface area contributed by atoms with E-state index in [1.807, 2.05) is 0 Å². The number of aryl methyl sites for hydroxylation is 1. The molecule has 0 radical (unpaired) electrons. The van der Waals surface area contributed by atoms with Crippen LogP contribution in [-0.4, -0.2) is 7.05 Å². The molecule has 1 aromatic rings. The van der Waals surface area contributed by atoms with E-state index in [9.17, 15) is 0 Å². The van der Waals surface area contributed by atoms with Gasteiger partial charge in [0, 0.05) is 10.5 Å². The highest BCUT2D eigenvalue weighted by Crippen LogP contribution is 2.32. The standard InChI is InChI=1S/C16H24BrN/c1-12-8-9-14(11-15(12)17)16(18-2)10-13-6-4-3-5-7-13/h8-9,11,13,16,18H,3-7,10H2,1-2H3. The average molecular weight is 310 g/mol. The van der Waals surface area contributed by atoms with E-state index in [1.54, 1.807) is 0 Å². The Morgan fingerprint density at radius 3 is 2.61 bits per heavy atom. The van der Waals surface area contributed by atoms with Crippen molar-refractivity contribution in [2.75, 3.05) is 7.05 Å². The number of nitrogens with one attached hydrogen (secondary N) is 1. The summed E-state index contributed by atoms with van der Waals surface area (Å²) in [5, 5.41) is 3.49. The van der Waals surface area contributed by atoms with E-state index in [1.165, 1.54) is 54.1 Å². The maximum absolute atomic E-state index is 3.64. The third-order valence-corrected chi connectivity index (χ3v) is 5.09. The Balaban J connectivity index is 2.04. The molecule has 1 nitrogen and oxygen atoms in total. The number of halogens is 1. The van der Waals surface area contributed by atoms with Crippen LogP contribution >= 0.6 is 15.9 Å². The Kier molecular flexibility index (Phi) is 5.25. The molecule has 0 bridgehead atoms. The average Bonchev–Trinajstić information content (AvgIpc) is 2.40. The molecular formula is C16H24BrN. The Morgan fingerprint density at radius 2 is 2.00 bits per heavy atom. The predicted molar refractivity (Wildman–Crippen MR) is 81.9 cm³/mol. The minimum absolute atomic E-state index is 0.505. The largest absolute Gasteiger partial charge is 0.313 e. The molecule has 2 rings (SSSR count). The highest BCUT2D eigenvalue weighted by Gasteiger charge is 2.19. The zero-order valence-corrected chi connectivity index (χ0v) is 13.1. The molecule has 0 spiro atoms. The molecule has 1 aliphatic rings. The Morgan fingerprint density at radius 1 is 1.28 bits per heavy atom. The number of benzene rings is 1. The van der Waals surface area contributed by atoms with Crippen molar-refractivity contribution in [1.82, 2.24) is 5.32 Å². The molecule has 1 unspecified atom stereocenters. The SMILES string of the molecule is CNC(CC1CCCCC1)c1ccc(C)c(Br)c1. The zero-order chi connectivity index (χ0) is 13.0. The molecule has 2 heteroatoms. The van der Waals surface area contributed by atoms with Gasteiger partial charge in [-0.25, -0.2) is 0 Å². The van der Waals surface area contributed by atoms with Crippen LogP contribution in [-0.2, 0) is 0 Å². The molecule has 0 aliphatic heterocycles. The van der Waals surface area contributed by atoms with Crippen LogP contribution in [0.3, 0.4) is 0 Å². The van der Waals surface area contributed by atoms with E-state index in [2.05, 4.69) is 53.4 Å². The quantitative estimate of drug-likeness (QED) is 0.826. The van der Waals surface area contributed by atoms with Crippen molar-refractivity contribution in [3.8, 4) is 0 Å². The molecule has 100 valence electrons. The van der Waals surface area contributed by atoms with Crippen LogP contribution in [0.15, 0.2) is 22.7 Å². The van der Waals surface area contributed by atoms with Gasteiger partial charge in [0.1, 0.15) is 0 Å². The topological polar surface area (TPSA) is 12.0 Å². The fourth-order valence-electron chi connectivity index (χ4n) is 3.00. The summed E-state index contributed by atoms with van der Waals surface area (Å²) in [6.45, 7) is 2.14. The van der Waals surface area contributed by atoms with E-state index >= 15 is 0 Å². The van der Waals surface area contributed by atoms with Crippen LogP contribution in [0.1, 0.15) is 55.7 Å². The van der Waals surface area contributed by atoms with Crippen LogP contribution in [0.4, 0.5) is 0 Å². The monoisotopic (exact) mass is 309 g/mol. The second kappa shape index (κ2) is 6.72. The van der Waals surface area contributed by atoms with E-state index < -0.39 is 0 Å². The molecule has 0 aromatic heterocycles. The first kappa shape index (κ1) is 14.1. The van der Waals surface area contributed by atoms with Gasteiger partial charge in [-0.1, -0.05) is 60.2 Å². The lowest BCUT2D eigenvalue weighted by molar-refractivity contribution is 0.306. The number of hydrogen-bond donors (Lipinski definition) is 1. The summed E-state index contributed by atoms with van der Waals surface area (Å²) < 4.78 is 1.23. The molecule has 1 saturated carbocycles. The molecule has 0 saturated heterocycles. The summed E-state index contributed by atoms with van der Waals surface area (Å²) in [6.07, 6.45) is 8.43. The molecular weight excluding hydrogens is 286 g/mol. The summed E-state index contributed by atoms with van der Waals surface area (Å²) in [5.41, 5.74) is 2.73. The van der Waals surface area contributed by atoms with Crippen LogP contribution in [0.2, 0.25) is 0 Å². The summed E-state index contributed by atoms with van der Waals surface area (Å²) in [7, 11) is 2.08. The highest BCUT2D eigenvalue weighted by molar-refractivity contribution is 9.10. The Hall–Kier alpha value is -0.340. The first-order valence-electron chi connectivity index (χ1n) is 7.14. The third kappa shape index (κ3) is 3.58. The molecule has 1 fully saturated rings. The first-order chi connectivity index (χ1) is 8.70. The summed E-state index contributed by atoms with van der Waals surface area (Å²) in [4.78, 5) is 0. The van der Waals surface area contributed by atoms with Gasteiger partial charge >= 0.3 is 0 Å². The molecule has 0 heterocycles. The zero-order valence-electron chi connectivity index (χ0n) is 11.5. The van der Waals surface area contributed by atoms with Crippen molar-refractivity contribution in [3.63, 3.8) is 0 Å². The van der Waals surface area contributed by atoms with Crippen LogP contribution in [0.25, 0.3) is 0 Å². The van der Waals surface area contributed by atoms with Gasteiger partial charge in [-0.05, 0) is 43.5 Å². The van der Waals surface area contributed by atoms with Crippen LogP contribution < -0.4 is 5.32 Å². The normalized spacial score (nSPS) is 18.8. The number of rotatable bonds is 4. The van der Waals surface area contributed by atoms with Gasteiger partial charge in [-0.2, -0.15) is 0 Å². The summed E-state index contributed by atoms with van der Waals surface area (Å²) in [5.74, 6) is 0.913. The maximum atomic E-state index is 3.64. The molecule has 1 aromatic carbocycles. The van der Waals surface area contributed by atoms with E-state index in [4.69, 9.17) is 0 Å².